The Hall–Kier alpha value is -0.710. The van der Waals surface area contributed by atoms with Gasteiger partial charge in [-0.2, -0.15) is 0 Å². The van der Waals surface area contributed by atoms with E-state index in [1.54, 1.807) is 17.4 Å². The summed E-state index contributed by atoms with van der Waals surface area (Å²) in [5, 5.41) is 3.35. The van der Waals surface area contributed by atoms with Crippen molar-refractivity contribution in [3.8, 4) is 0 Å². The standard InChI is InChI=1S/C14H15BrFNS/c1-3-17-14(10-6-4-5-7-12(10)16)13-8-11(15)9(2)18-13/h4-8,14,17H,3H2,1-2H3. The van der Waals surface area contributed by atoms with E-state index in [-0.39, 0.29) is 11.9 Å². The van der Waals surface area contributed by atoms with Gasteiger partial charge in [-0.15, -0.1) is 11.3 Å². The summed E-state index contributed by atoms with van der Waals surface area (Å²) >= 11 is 5.21. The van der Waals surface area contributed by atoms with E-state index in [4.69, 9.17) is 0 Å². The average molecular weight is 328 g/mol. The van der Waals surface area contributed by atoms with Crippen molar-refractivity contribution >= 4 is 27.3 Å². The van der Waals surface area contributed by atoms with Crippen LogP contribution in [0.3, 0.4) is 0 Å². The highest BCUT2D eigenvalue weighted by Crippen LogP contribution is 2.34. The van der Waals surface area contributed by atoms with E-state index in [1.165, 1.54) is 10.9 Å². The molecule has 0 aliphatic rings. The topological polar surface area (TPSA) is 12.0 Å². The Morgan fingerprint density at radius 2 is 2.11 bits per heavy atom. The third kappa shape index (κ3) is 2.82. The fourth-order valence-electron chi connectivity index (χ4n) is 1.90. The van der Waals surface area contributed by atoms with Crippen molar-refractivity contribution in [3.63, 3.8) is 0 Å². The largest absolute Gasteiger partial charge is 0.306 e. The molecule has 0 aliphatic heterocycles. The second-order valence-corrected chi connectivity index (χ2v) is 6.21. The van der Waals surface area contributed by atoms with Crippen molar-refractivity contribution in [1.29, 1.82) is 0 Å². The first-order valence-electron chi connectivity index (χ1n) is 5.87. The van der Waals surface area contributed by atoms with Crippen LogP contribution in [0.5, 0.6) is 0 Å². The normalized spacial score (nSPS) is 12.7. The van der Waals surface area contributed by atoms with E-state index in [2.05, 4.69) is 34.2 Å². The summed E-state index contributed by atoms with van der Waals surface area (Å²) in [6.07, 6.45) is 0. The predicted octanol–water partition coefficient (Wildman–Crippen LogP) is 4.66. The van der Waals surface area contributed by atoms with E-state index in [0.29, 0.717) is 5.56 Å². The molecule has 0 amide bonds. The molecule has 4 heteroatoms. The van der Waals surface area contributed by atoms with Gasteiger partial charge in [0.2, 0.25) is 0 Å². The lowest BCUT2D eigenvalue weighted by Crippen LogP contribution is -2.22. The fraction of sp³-hybridized carbons (Fsp3) is 0.286. The lowest BCUT2D eigenvalue weighted by atomic mass is 10.0. The second kappa shape index (κ2) is 5.95. The number of thiophene rings is 1. The summed E-state index contributed by atoms with van der Waals surface area (Å²) in [4.78, 5) is 2.34. The first-order valence-corrected chi connectivity index (χ1v) is 7.48. The SMILES string of the molecule is CCNC(c1cc(Br)c(C)s1)c1ccccc1F. The second-order valence-electron chi connectivity index (χ2n) is 4.07. The van der Waals surface area contributed by atoms with Crippen molar-refractivity contribution in [2.45, 2.75) is 19.9 Å². The van der Waals surface area contributed by atoms with Crippen LogP contribution in [-0.4, -0.2) is 6.54 Å². The van der Waals surface area contributed by atoms with Gasteiger partial charge in [0, 0.05) is 19.8 Å². The fourth-order valence-corrected chi connectivity index (χ4v) is 3.56. The number of halogens is 2. The highest BCUT2D eigenvalue weighted by molar-refractivity contribution is 9.10. The molecule has 1 aromatic carbocycles. The number of hydrogen-bond donors (Lipinski definition) is 1. The van der Waals surface area contributed by atoms with Gasteiger partial charge in [-0.05, 0) is 41.5 Å². The molecule has 1 nitrogen and oxygen atoms in total. The lowest BCUT2D eigenvalue weighted by molar-refractivity contribution is 0.563. The molecule has 0 saturated heterocycles. The quantitative estimate of drug-likeness (QED) is 0.861. The molecular formula is C14H15BrFNS. The zero-order valence-electron chi connectivity index (χ0n) is 10.3. The highest BCUT2D eigenvalue weighted by atomic mass is 79.9. The van der Waals surface area contributed by atoms with Crippen molar-refractivity contribution in [2.24, 2.45) is 0 Å². The maximum absolute atomic E-state index is 13.9. The molecule has 1 unspecified atom stereocenters. The van der Waals surface area contributed by atoms with Crippen LogP contribution in [0, 0.1) is 12.7 Å². The van der Waals surface area contributed by atoms with Crippen LogP contribution in [0.4, 0.5) is 4.39 Å². The summed E-state index contributed by atoms with van der Waals surface area (Å²) in [5.74, 6) is -0.161. The minimum Gasteiger partial charge on any atom is -0.306 e. The Morgan fingerprint density at radius 1 is 1.39 bits per heavy atom. The van der Waals surface area contributed by atoms with Crippen LogP contribution in [0.2, 0.25) is 0 Å². The number of rotatable bonds is 4. The minimum absolute atomic E-state index is 0.0776. The van der Waals surface area contributed by atoms with Gasteiger partial charge in [-0.3, -0.25) is 0 Å². The third-order valence-corrected chi connectivity index (χ3v) is 4.99. The number of aryl methyl sites for hydroxylation is 1. The van der Waals surface area contributed by atoms with Crippen LogP contribution in [0.15, 0.2) is 34.8 Å². The maximum atomic E-state index is 13.9. The smallest absolute Gasteiger partial charge is 0.128 e. The molecule has 0 saturated carbocycles. The molecule has 0 spiro atoms. The van der Waals surface area contributed by atoms with Gasteiger partial charge in [0.25, 0.3) is 0 Å². The summed E-state index contributed by atoms with van der Waals surface area (Å²) < 4.78 is 15.0. The Kier molecular flexibility index (Phi) is 4.54. The minimum atomic E-state index is -0.161. The average Bonchev–Trinajstić information content (AvgIpc) is 2.68. The van der Waals surface area contributed by atoms with Crippen molar-refractivity contribution in [2.75, 3.05) is 6.54 Å². The molecule has 96 valence electrons. The van der Waals surface area contributed by atoms with Crippen molar-refractivity contribution < 1.29 is 4.39 Å². The van der Waals surface area contributed by atoms with Gasteiger partial charge in [-0.25, -0.2) is 4.39 Å². The van der Waals surface area contributed by atoms with Gasteiger partial charge in [-0.1, -0.05) is 25.1 Å². The summed E-state index contributed by atoms with van der Waals surface area (Å²) in [6, 6.07) is 8.93. The van der Waals surface area contributed by atoms with E-state index in [0.717, 1.165) is 15.9 Å². The Bertz CT molecular complexity index is 519. The van der Waals surface area contributed by atoms with E-state index < -0.39 is 0 Å². The molecular weight excluding hydrogens is 313 g/mol. The molecule has 2 aromatic rings. The van der Waals surface area contributed by atoms with Crippen LogP contribution in [0.25, 0.3) is 0 Å². The predicted molar refractivity (Wildman–Crippen MR) is 78.7 cm³/mol. The Labute approximate surface area is 119 Å². The zero-order valence-corrected chi connectivity index (χ0v) is 12.7. The summed E-state index contributed by atoms with van der Waals surface area (Å²) in [6.45, 7) is 4.89. The first-order chi connectivity index (χ1) is 8.63. The van der Waals surface area contributed by atoms with Crippen LogP contribution in [0.1, 0.15) is 28.3 Å². The third-order valence-electron chi connectivity index (χ3n) is 2.79. The van der Waals surface area contributed by atoms with Gasteiger partial charge in [0.15, 0.2) is 0 Å². The van der Waals surface area contributed by atoms with Crippen LogP contribution >= 0.6 is 27.3 Å². The van der Waals surface area contributed by atoms with Crippen LogP contribution < -0.4 is 5.32 Å². The maximum Gasteiger partial charge on any atom is 0.128 e. The molecule has 1 heterocycles. The van der Waals surface area contributed by atoms with Gasteiger partial charge >= 0.3 is 0 Å². The molecule has 0 radical (unpaired) electrons. The number of benzene rings is 1. The van der Waals surface area contributed by atoms with E-state index in [1.807, 2.05) is 19.1 Å². The van der Waals surface area contributed by atoms with E-state index >= 15 is 0 Å². The van der Waals surface area contributed by atoms with Gasteiger partial charge < -0.3 is 5.32 Å². The van der Waals surface area contributed by atoms with Crippen LogP contribution in [-0.2, 0) is 0 Å². The number of nitrogens with one attached hydrogen (secondary N) is 1. The van der Waals surface area contributed by atoms with Crippen molar-refractivity contribution in [1.82, 2.24) is 5.32 Å². The van der Waals surface area contributed by atoms with E-state index in [9.17, 15) is 4.39 Å². The summed E-state index contributed by atoms with van der Waals surface area (Å²) in [5.41, 5.74) is 0.702. The zero-order chi connectivity index (χ0) is 13.1. The van der Waals surface area contributed by atoms with Gasteiger partial charge in [0.1, 0.15) is 5.82 Å². The molecule has 0 fully saturated rings. The van der Waals surface area contributed by atoms with Gasteiger partial charge in [0.05, 0.1) is 6.04 Å². The lowest BCUT2D eigenvalue weighted by Gasteiger charge is -2.17. The molecule has 1 aromatic heterocycles. The van der Waals surface area contributed by atoms with Crippen molar-refractivity contribution in [3.05, 3.63) is 55.9 Å². The number of hydrogen-bond acceptors (Lipinski definition) is 2. The Balaban J connectivity index is 2.43. The Morgan fingerprint density at radius 3 is 2.67 bits per heavy atom. The summed E-state index contributed by atoms with van der Waals surface area (Å²) in [7, 11) is 0. The molecule has 1 N–H and O–H groups in total. The highest BCUT2D eigenvalue weighted by Gasteiger charge is 2.19. The first kappa shape index (κ1) is 13.7. The molecule has 0 bridgehead atoms. The monoisotopic (exact) mass is 327 g/mol. The molecule has 18 heavy (non-hydrogen) atoms. The molecule has 1 atom stereocenters. The molecule has 0 aliphatic carbocycles. The molecule has 2 rings (SSSR count).